The van der Waals surface area contributed by atoms with E-state index in [9.17, 15) is 8.42 Å². The highest BCUT2D eigenvalue weighted by Crippen LogP contribution is 2.29. The lowest BCUT2D eigenvalue weighted by atomic mass is 9.91. The van der Waals surface area contributed by atoms with E-state index in [0.29, 0.717) is 17.5 Å². The standard InChI is InChI=1S/C15H25N3O2S/c1-12(2)17-21(19,20)15-8-6-14(7-9-15)18(11-10-16)13-4-3-5-13/h6-9,12-13,17H,3-5,10-11,16H2,1-2H3. The molecule has 1 fully saturated rings. The smallest absolute Gasteiger partial charge is 0.240 e. The molecule has 0 aromatic heterocycles. The molecule has 5 nitrogen and oxygen atoms in total. The van der Waals surface area contributed by atoms with Gasteiger partial charge in [-0.1, -0.05) is 0 Å². The van der Waals surface area contributed by atoms with Gasteiger partial charge < -0.3 is 10.6 Å². The highest BCUT2D eigenvalue weighted by atomic mass is 32.2. The predicted octanol–water partition coefficient (Wildman–Crippen LogP) is 1.69. The Balaban J connectivity index is 2.17. The van der Waals surface area contributed by atoms with Crippen LogP contribution in [0.5, 0.6) is 0 Å². The molecule has 1 aromatic carbocycles. The first-order valence-electron chi connectivity index (χ1n) is 7.53. The monoisotopic (exact) mass is 311 g/mol. The molecule has 0 saturated heterocycles. The van der Waals surface area contributed by atoms with Crippen molar-refractivity contribution in [1.82, 2.24) is 4.72 Å². The minimum absolute atomic E-state index is 0.113. The fourth-order valence-corrected chi connectivity index (χ4v) is 3.81. The number of hydrogen-bond donors (Lipinski definition) is 2. The molecule has 0 bridgehead atoms. The fourth-order valence-electron chi connectivity index (χ4n) is 2.56. The van der Waals surface area contributed by atoms with Crippen LogP contribution in [-0.2, 0) is 10.0 Å². The van der Waals surface area contributed by atoms with Crippen LogP contribution in [0.3, 0.4) is 0 Å². The van der Waals surface area contributed by atoms with Crippen molar-refractivity contribution in [2.45, 2.75) is 50.1 Å². The van der Waals surface area contributed by atoms with Crippen molar-refractivity contribution in [2.24, 2.45) is 5.73 Å². The zero-order valence-electron chi connectivity index (χ0n) is 12.7. The third-order valence-corrected chi connectivity index (χ3v) is 5.43. The zero-order valence-corrected chi connectivity index (χ0v) is 13.6. The number of sulfonamides is 1. The summed E-state index contributed by atoms with van der Waals surface area (Å²) in [5.41, 5.74) is 6.74. The van der Waals surface area contributed by atoms with Crippen LogP contribution in [0.15, 0.2) is 29.2 Å². The van der Waals surface area contributed by atoms with Crippen LogP contribution in [0.25, 0.3) is 0 Å². The first-order chi connectivity index (χ1) is 9.94. The van der Waals surface area contributed by atoms with Crippen molar-refractivity contribution >= 4 is 15.7 Å². The first-order valence-corrected chi connectivity index (χ1v) is 9.01. The van der Waals surface area contributed by atoms with Crippen LogP contribution >= 0.6 is 0 Å². The van der Waals surface area contributed by atoms with Crippen LogP contribution in [0.2, 0.25) is 0 Å². The Hall–Kier alpha value is -1.11. The quantitative estimate of drug-likeness (QED) is 0.803. The van der Waals surface area contributed by atoms with Crippen molar-refractivity contribution in [1.29, 1.82) is 0 Å². The summed E-state index contributed by atoms with van der Waals surface area (Å²) in [6.07, 6.45) is 3.64. The number of nitrogens with one attached hydrogen (secondary N) is 1. The SMILES string of the molecule is CC(C)NS(=O)(=O)c1ccc(N(CCN)C2CCC2)cc1. The third kappa shape index (κ3) is 3.96. The number of rotatable bonds is 7. The third-order valence-electron chi connectivity index (χ3n) is 3.75. The number of hydrogen-bond acceptors (Lipinski definition) is 4. The Labute approximate surface area is 127 Å². The maximum atomic E-state index is 12.1. The maximum Gasteiger partial charge on any atom is 0.240 e. The second-order valence-corrected chi connectivity index (χ2v) is 7.55. The predicted molar refractivity (Wildman–Crippen MR) is 85.9 cm³/mol. The second-order valence-electron chi connectivity index (χ2n) is 5.84. The van der Waals surface area contributed by atoms with Gasteiger partial charge in [-0.3, -0.25) is 0 Å². The normalized spacial score (nSPS) is 16.0. The van der Waals surface area contributed by atoms with Gasteiger partial charge >= 0.3 is 0 Å². The molecule has 0 amide bonds. The van der Waals surface area contributed by atoms with E-state index in [4.69, 9.17) is 5.73 Å². The molecule has 1 aliphatic carbocycles. The molecule has 1 aliphatic rings. The summed E-state index contributed by atoms with van der Waals surface area (Å²) in [6, 6.07) is 7.53. The Morgan fingerprint density at radius 3 is 2.33 bits per heavy atom. The molecular formula is C15H25N3O2S. The van der Waals surface area contributed by atoms with Gasteiger partial charge in [0.2, 0.25) is 10.0 Å². The summed E-state index contributed by atoms with van der Waals surface area (Å²) in [6.45, 7) is 5.03. The molecule has 3 N–H and O–H groups in total. The van der Waals surface area contributed by atoms with Crippen LogP contribution in [-0.4, -0.2) is 33.6 Å². The Morgan fingerprint density at radius 2 is 1.90 bits per heavy atom. The summed E-state index contributed by atoms with van der Waals surface area (Å²) in [7, 11) is -3.42. The van der Waals surface area contributed by atoms with Gasteiger partial charge in [0.15, 0.2) is 0 Å². The average Bonchev–Trinajstić information content (AvgIpc) is 2.35. The Morgan fingerprint density at radius 1 is 1.29 bits per heavy atom. The van der Waals surface area contributed by atoms with Crippen molar-refractivity contribution in [3.8, 4) is 0 Å². The molecule has 0 radical (unpaired) electrons. The van der Waals surface area contributed by atoms with Gasteiger partial charge in [0.1, 0.15) is 0 Å². The van der Waals surface area contributed by atoms with Crippen molar-refractivity contribution in [3.05, 3.63) is 24.3 Å². The summed E-state index contributed by atoms with van der Waals surface area (Å²) < 4.78 is 26.8. The van der Waals surface area contributed by atoms with Gasteiger partial charge in [-0.2, -0.15) is 0 Å². The molecule has 2 rings (SSSR count). The summed E-state index contributed by atoms with van der Waals surface area (Å²) in [5.74, 6) is 0. The summed E-state index contributed by atoms with van der Waals surface area (Å²) >= 11 is 0. The molecular weight excluding hydrogens is 286 g/mol. The van der Waals surface area contributed by atoms with E-state index in [0.717, 1.165) is 12.2 Å². The van der Waals surface area contributed by atoms with Crippen LogP contribution in [0.1, 0.15) is 33.1 Å². The minimum atomic E-state index is -3.42. The highest BCUT2D eigenvalue weighted by molar-refractivity contribution is 7.89. The highest BCUT2D eigenvalue weighted by Gasteiger charge is 2.25. The fraction of sp³-hybridized carbons (Fsp3) is 0.600. The second kappa shape index (κ2) is 6.77. The van der Waals surface area contributed by atoms with Gasteiger partial charge in [-0.05, 0) is 57.4 Å². The number of benzene rings is 1. The molecule has 0 unspecified atom stereocenters. The Bertz CT molecular complexity index is 551. The molecule has 1 saturated carbocycles. The molecule has 6 heteroatoms. The topological polar surface area (TPSA) is 75.4 Å². The largest absolute Gasteiger partial charge is 0.367 e. The van der Waals surface area contributed by atoms with E-state index in [1.54, 1.807) is 12.1 Å². The van der Waals surface area contributed by atoms with Gasteiger partial charge in [-0.25, -0.2) is 13.1 Å². The minimum Gasteiger partial charge on any atom is -0.367 e. The van der Waals surface area contributed by atoms with Crippen molar-refractivity contribution in [3.63, 3.8) is 0 Å². The van der Waals surface area contributed by atoms with Crippen LogP contribution in [0.4, 0.5) is 5.69 Å². The number of nitrogens with zero attached hydrogens (tertiary/aromatic N) is 1. The molecule has 0 atom stereocenters. The molecule has 0 heterocycles. The van der Waals surface area contributed by atoms with Gasteiger partial charge in [0.05, 0.1) is 4.90 Å². The van der Waals surface area contributed by atoms with Gasteiger partial charge in [0, 0.05) is 30.9 Å². The molecule has 0 aliphatic heterocycles. The maximum absolute atomic E-state index is 12.1. The van der Waals surface area contributed by atoms with Gasteiger partial charge in [0.25, 0.3) is 0 Å². The number of nitrogens with two attached hydrogens (primary N) is 1. The van der Waals surface area contributed by atoms with Crippen LogP contribution in [0, 0.1) is 0 Å². The first kappa shape index (κ1) is 16.3. The van der Waals surface area contributed by atoms with Crippen LogP contribution < -0.4 is 15.4 Å². The molecule has 1 aromatic rings. The zero-order chi connectivity index (χ0) is 15.5. The lowest BCUT2D eigenvalue weighted by Crippen LogP contribution is -2.43. The van der Waals surface area contributed by atoms with E-state index in [1.165, 1.54) is 19.3 Å². The Kier molecular flexibility index (Phi) is 5.24. The average molecular weight is 311 g/mol. The number of anilines is 1. The summed E-state index contributed by atoms with van der Waals surface area (Å²) in [5, 5.41) is 0. The van der Waals surface area contributed by atoms with E-state index in [1.807, 2.05) is 26.0 Å². The molecule has 21 heavy (non-hydrogen) atoms. The van der Waals surface area contributed by atoms with E-state index >= 15 is 0 Å². The lowest BCUT2D eigenvalue weighted by Gasteiger charge is -2.39. The molecule has 0 spiro atoms. The van der Waals surface area contributed by atoms with Crippen molar-refractivity contribution < 1.29 is 8.42 Å². The van der Waals surface area contributed by atoms with Crippen molar-refractivity contribution in [2.75, 3.05) is 18.0 Å². The lowest BCUT2D eigenvalue weighted by molar-refractivity contribution is 0.388. The van der Waals surface area contributed by atoms with E-state index < -0.39 is 10.0 Å². The van der Waals surface area contributed by atoms with E-state index in [-0.39, 0.29) is 6.04 Å². The van der Waals surface area contributed by atoms with Gasteiger partial charge in [-0.15, -0.1) is 0 Å². The van der Waals surface area contributed by atoms with E-state index in [2.05, 4.69) is 9.62 Å². The summed E-state index contributed by atoms with van der Waals surface area (Å²) in [4.78, 5) is 2.59. The molecule has 118 valence electrons.